The Morgan fingerprint density at radius 3 is 2.37 bits per heavy atom. The van der Waals surface area contributed by atoms with Gasteiger partial charge in [0, 0.05) is 13.3 Å². The molecule has 27 heavy (non-hydrogen) atoms. The van der Waals surface area contributed by atoms with Crippen molar-refractivity contribution in [2.45, 2.75) is 71.8 Å². The van der Waals surface area contributed by atoms with Crippen LogP contribution in [0.4, 0.5) is 0 Å². The summed E-state index contributed by atoms with van der Waals surface area (Å²) in [7, 11) is 0. The molecule has 2 aromatic rings. The van der Waals surface area contributed by atoms with E-state index < -0.39 is 0 Å². The second kappa shape index (κ2) is 11.5. The summed E-state index contributed by atoms with van der Waals surface area (Å²) in [5.41, 5.74) is 3.73. The van der Waals surface area contributed by atoms with Gasteiger partial charge in [0.25, 0.3) is 0 Å². The molecule has 148 valence electrons. The number of furan rings is 2. The molecule has 2 atom stereocenters. The van der Waals surface area contributed by atoms with E-state index in [0.29, 0.717) is 5.92 Å². The Kier molecular flexibility index (Phi) is 8.96. The maximum absolute atomic E-state index is 11.5. The highest BCUT2D eigenvalue weighted by Crippen LogP contribution is 2.22. The van der Waals surface area contributed by atoms with Crippen LogP contribution in [-0.2, 0) is 22.4 Å². The van der Waals surface area contributed by atoms with Crippen molar-refractivity contribution in [3.8, 4) is 0 Å². The molecule has 0 fully saturated rings. The molecule has 2 unspecified atom stereocenters. The van der Waals surface area contributed by atoms with E-state index in [0.717, 1.165) is 44.9 Å². The second-order valence-electron chi connectivity index (χ2n) is 7.52. The van der Waals surface area contributed by atoms with Crippen LogP contribution in [0.25, 0.3) is 0 Å². The third-order valence-corrected chi connectivity index (χ3v) is 4.80. The quantitative estimate of drug-likeness (QED) is 0.332. The number of aryl methyl sites for hydroxylation is 2. The normalized spacial score (nSPS) is 14.1. The lowest BCUT2D eigenvalue weighted by molar-refractivity contribution is -0.147. The van der Waals surface area contributed by atoms with Crippen LogP contribution in [-0.4, -0.2) is 12.1 Å². The lowest BCUT2D eigenvalue weighted by atomic mass is 9.93. The number of hydrogen-bond acceptors (Lipinski definition) is 4. The fourth-order valence-corrected chi connectivity index (χ4v) is 3.43. The van der Waals surface area contributed by atoms with E-state index >= 15 is 0 Å². The first-order valence-corrected chi connectivity index (χ1v) is 9.88. The maximum atomic E-state index is 11.5. The average Bonchev–Trinajstić information content (AvgIpc) is 3.27. The van der Waals surface area contributed by atoms with Crippen LogP contribution >= 0.6 is 0 Å². The van der Waals surface area contributed by atoms with Gasteiger partial charge in [0.2, 0.25) is 0 Å². The average molecular weight is 373 g/mol. The first-order valence-electron chi connectivity index (χ1n) is 9.88. The predicted molar refractivity (Wildman–Crippen MR) is 106 cm³/mol. The van der Waals surface area contributed by atoms with E-state index in [1.165, 1.54) is 23.6 Å². The molecule has 4 nitrogen and oxygen atoms in total. The molecular weight excluding hydrogens is 340 g/mol. The molecule has 2 aromatic heterocycles. The summed E-state index contributed by atoms with van der Waals surface area (Å²) in [6.45, 7) is 5.85. The number of esters is 1. The molecule has 0 aliphatic rings. The van der Waals surface area contributed by atoms with Gasteiger partial charge in [-0.15, -0.1) is 0 Å². The van der Waals surface area contributed by atoms with Gasteiger partial charge in [-0.2, -0.15) is 0 Å². The first kappa shape index (κ1) is 21.1. The summed E-state index contributed by atoms with van der Waals surface area (Å²) >= 11 is 0. The summed E-state index contributed by atoms with van der Waals surface area (Å²) in [5.74, 6) is 0.316. The molecule has 0 radical (unpaired) electrons. The van der Waals surface area contributed by atoms with Crippen molar-refractivity contribution < 1.29 is 18.4 Å². The van der Waals surface area contributed by atoms with Crippen molar-refractivity contribution in [3.63, 3.8) is 0 Å². The molecule has 2 heterocycles. The summed E-state index contributed by atoms with van der Waals surface area (Å²) in [4.78, 5) is 11.5. The molecular formula is C23H32O4. The summed E-state index contributed by atoms with van der Waals surface area (Å²) in [5, 5.41) is 0. The lowest BCUT2D eigenvalue weighted by Gasteiger charge is -2.21. The highest BCUT2D eigenvalue weighted by Gasteiger charge is 2.17. The van der Waals surface area contributed by atoms with Gasteiger partial charge in [-0.05, 0) is 68.2 Å². The van der Waals surface area contributed by atoms with E-state index in [4.69, 9.17) is 13.6 Å². The minimum Gasteiger partial charge on any atom is -0.472 e. The Balaban J connectivity index is 1.75. The molecule has 2 rings (SSSR count). The number of hydrogen-bond donors (Lipinski definition) is 0. The Morgan fingerprint density at radius 2 is 1.78 bits per heavy atom. The van der Waals surface area contributed by atoms with Crippen LogP contribution in [0, 0.1) is 5.92 Å². The summed E-state index contributed by atoms with van der Waals surface area (Å²) in [6.07, 6.45) is 16.1. The zero-order chi connectivity index (χ0) is 19.5. The highest BCUT2D eigenvalue weighted by atomic mass is 16.5. The van der Waals surface area contributed by atoms with E-state index in [-0.39, 0.29) is 12.1 Å². The molecule has 0 N–H and O–H groups in total. The Hall–Kier alpha value is -2.23. The van der Waals surface area contributed by atoms with Gasteiger partial charge in [0.05, 0.1) is 25.1 Å². The van der Waals surface area contributed by atoms with Gasteiger partial charge in [-0.25, -0.2) is 0 Å². The number of carbonyl (C=O) groups excluding carboxylic acids is 1. The fourth-order valence-electron chi connectivity index (χ4n) is 3.43. The molecule has 4 heteroatoms. The number of carbonyl (C=O) groups is 1. The number of ether oxygens (including phenoxy) is 1. The minimum absolute atomic E-state index is 0.0448. The van der Waals surface area contributed by atoms with Gasteiger partial charge >= 0.3 is 5.97 Å². The molecule has 0 amide bonds. The van der Waals surface area contributed by atoms with E-state index in [2.05, 4.69) is 19.9 Å². The molecule has 0 aliphatic carbocycles. The van der Waals surface area contributed by atoms with Gasteiger partial charge in [-0.3, -0.25) is 4.79 Å². The van der Waals surface area contributed by atoms with Crippen molar-refractivity contribution in [2.75, 3.05) is 0 Å². The first-order chi connectivity index (χ1) is 13.0. The Morgan fingerprint density at radius 1 is 1.11 bits per heavy atom. The molecule has 0 aromatic carbocycles. The van der Waals surface area contributed by atoms with Crippen LogP contribution < -0.4 is 0 Å². The molecule has 0 aliphatic heterocycles. The number of allylic oxidation sites excluding steroid dienone is 1. The third kappa shape index (κ3) is 8.80. The summed E-state index contributed by atoms with van der Waals surface area (Å²) in [6, 6.07) is 4.01. The van der Waals surface area contributed by atoms with Crippen LogP contribution in [0.1, 0.15) is 64.0 Å². The monoisotopic (exact) mass is 372 g/mol. The van der Waals surface area contributed by atoms with E-state index in [9.17, 15) is 4.79 Å². The zero-order valence-corrected chi connectivity index (χ0v) is 16.8. The van der Waals surface area contributed by atoms with Crippen LogP contribution in [0.3, 0.4) is 0 Å². The van der Waals surface area contributed by atoms with Gasteiger partial charge < -0.3 is 13.6 Å². The Bertz CT molecular complexity index is 667. The van der Waals surface area contributed by atoms with Crippen LogP contribution in [0.5, 0.6) is 0 Å². The fraction of sp³-hybridized carbons (Fsp3) is 0.522. The molecule has 0 bridgehead atoms. The van der Waals surface area contributed by atoms with E-state index in [1.54, 1.807) is 18.8 Å². The standard InChI is InChI=1S/C23H32O4/c1-18(6-4-8-21-10-12-25-16-21)14-23(27-20(3)24)15-19(2)7-5-9-22-11-13-26-17-22/h6,10-13,16-17,19,23H,4-5,7-9,14-15H2,1-3H3. The smallest absolute Gasteiger partial charge is 0.302 e. The zero-order valence-electron chi connectivity index (χ0n) is 16.8. The number of rotatable bonds is 12. The van der Waals surface area contributed by atoms with Gasteiger partial charge in [0.15, 0.2) is 0 Å². The van der Waals surface area contributed by atoms with Crippen molar-refractivity contribution in [3.05, 3.63) is 60.0 Å². The van der Waals surface area contributed by atoms with Crippen molar-refractivity contribution >= 4 is 5.97 Å². The van der Waals surface area contributed by atoms with Crippen LogP contribution in [0.15, 0.2) is 57.7 Å². The maximum Gasteiger partial charge on any atom is 0.302 e. The van der Waals surface area contributed by atoms with Crippen molar-refractivity contribution in [1.29, 1.82) is 0 Å². The topological polar surface area (TPSA) is 52.6 Å². The molecule has 0 spiro atoms. The second-order valence-corrected chi connectivity index (χ2v) is 7.52. The minimum atomic E-state index is -0.197. The predicted octanol–water partition coefficient (Wildman–Crippen LogP) is 6.12. The largest absolute Gasteiger partial charge is 0.472 e. The van der Waals surface area contributed by atoms with Crippen LogP contribution in [0.2, 0.25) is 0 Å². The SMILES string of the molecule is CC(=O)OC(CC(C)=CCCc1ccoc1)CC(C)CCCc1ccoc1. The highest BCUT2D eigenvalue weighted by molar-refractivity contribution is 5.66. The van der Waals surface area contributed by atoms with Crippen molar-refractivity contribution in [2.24, 2.45) is 5.92 Å². The lowest BCUT2D eigenvalue weighted by Crippen LogP contribution is -2.20. The van der Waals surface area contributed by atoms with Crippen molar-refractivity contribution in [1.82, 2.24) is 0 Å². The van der Waals surface area contributed by atoms with Gasteiger partial charge in [0.1, 0.15) is 6.10 Å². The Labute approximate surface area is 162 Å². The third-order valence-electron chi connectivity index (χ3n) is 4.80. The summed E-state index contributed by atoms with van der Waals surface area (Å²) < 4.78 is 15.8. The molecule has 0 saturated heterocycles. The van der Waals surface area contributed by atoms with E-state index in [1.807, 2.05) is 18.4 Å². The van der Waals surface area contributed by atoms with Gasteiger partial charge in [-0.1, -0.05) is 25.0 Å². The molecule has 0 saturated carbocycles.